The van der Waals surface area contributed by atoms with Gasteiger partial charge in [-0.25, -0.2) is 0 Å². The number of unbranched alkanes of at least 4 members (excludes halogenated alkanes) is 47. The maximum Gasteiger partial charge on any atom is 0.249 e. The second-order valence-corrected chi connectivity index (χ2v) is 26.7. The topological polar surface area (TPSA) is 189 Å². The highest BCUT2D eigenvalue weighted by atomic mass is 16.7. The standard InChI is InChI=1S/C77H145NO10/c1-3-5-7-9-11-13-15-17-19-21-23-25-27-29-31-32-33-34-35-36-37-39-41-43-45-47-49-51-53-55-57-59-61-63-65-70(81)76(86)78-68(67-87-77-75(85)74(84)73(83)71(66-79)88-77)72(82)69(80)64-62-60-58-56-54-52-50-48-46-44-42-40-38-30-28-26-24-22-20-18-16-14-12-10-8-6-4-2/h32-33,40,42,48,50,56,58,68-75,77,79-85H,3-31,34-39,41,43-47,49,51-55,57,59-67H2,1-2H3,(H,78,86)/b33-32-,42-40+,50-48+,58-56+. The van der Waals surface area contributed by atoms with Crippen molar-refractivity contribution in [1.82, 2.24) is 5.32 Å². The van der Waals surface area contributed by atoms with Crippen LogP contribution in [0, 0.1) is 0 Å². The Kier molecular flexibility index (Phi) is 62.2. The highest BCUT2D eigenvalue weighted by molar-refractivity contribution is 5.80. The zero-order valence-corrected chi connectivity index (χ0v) is 57.5. The maximum absolute atomic E-state index is 13.3. The lowest BCUT2D eigenvalue weighted by Gasteiger charge is -2.40. The highest BCUT2D eigenvalue weighted by Gasteiger charge is 2.44. The Balaban J connectivity index is 2.19. The molecule has 0 radical (unpaired) electrons. The molecule has 1 heterocycles. The summed E-state index contributed by atoms with van der Waals surface area (Å²) in [5.41, 5.74) is 0. The molecule has 0 saturated carbocycles. The minimum absolute atomic E-state index is 0.242. The van der Waals surface area contributed by atoms with Gasteiger partial charge >= 0.3 is 0 Å². The Morgan fingerprint density at radius 1 is 0.386 bits per heavy atom. The predicted molar refractivity (Wildman–Crippen MR) is 372 cm³/mol. The minimum Gasteiger partial charge on any atom is -0.394 e. The zero-order chi connectivity index (χ0) is 63.9. The van der Waals surface area contributed by atoms with Gasteiger partial charge in [-0.05, 0) is 89.9 Å². The molecule has 518 valence electrons. The molecule has 1 aliphatic rings. The largest absolute Gasteiger partial charge is 0.394 e. The quantitative estimate of drug-likeness (QED) is 0.0215. The van der Waals surface area contributed by atoms with Crippen LogP contribution in [0.1, 0.15) is 367 Å². The maximum atomic E-state index is 13.3. The van der Waals surface area contributed by atoms with Gasteiger partial charge in [0.25, 0.3) is 0 Å². The third-order valence-corrected chi connectivity index (χ3v) is 18.3. The van der Waals surface area contributed by atoms with Gasteiger partial charge in [0.1, 0.15) is 36.6 Å². The summed E-state index contributed by atoms with van der Waals surface area (Å²) in [6.07, 6.45) is 75.1. The van der Waals surface area contributed by atoms with Crippen molar-refractivity contribution in [2.24, 2.45) is 0 Å². The molecule has 11 nitrogen and oxygen atoms in total. The van der Waals surface area contributed by atoms with Crippen LogP contribution in [0.2, 0.25) is 0 Å². The molecule has 1 rings (SSSR count). The monoisotopic (exact) mass is 1240 g/mol. The van der Waals surface area contributed by atoms with E-state index in [0.29, 0.717) is 19.3 Å². The lowest BCUT2D eigenvalue weighted by molar-refractivity contribution is -0.303. The third-order valence-electron chi connectivity index (χ3n) is 18.3. The fourth-order valence-corrected chi connectivity index (χ4v) is 12.2. The van der Waals surface area contributed by atoms with Gasteiger partial charge in [-0.1, -0.05) is 326 Å². The Hall–Kier alpha value is -1.93. The van der Waals surface area contributed by atoms with Gasteiger partial charge in [-0.15, -0.1) is 0 Å². The van der Waals surface area contributed by atoms with Crippen LogP contribution in [0.15, 0.2) is 48.6 Å². The van der Waals surface area contributed by atoms with E-state index in [0.717, 1.165) is 44.9 Å². The van der Waals surface area contributed by atoms with E-state index >= 15 is 0 Å². The molecule has 1 amide bonds. The Morgan fingerprint density at radius 2 is 0.682 bits per heavy atom. The summed E-state index contributed by atoms with van der Waals surface area (Å²) in [5, 5.41) is 76.6. The smallest absolute Gasteiger partial charge is 0.249 e. The average molecular weight is 1250 g/mol. The summed E-state index contributed by atoms with van der Waals surface area (Å²) in [7, 11) is 0. The lowest BCUT2D eigenvalue weighted by Crippen LogP contribution is -2.60. The molecule has 8 N–H and O–H groups in total. The van der Waals surface area contributed by atoms with Gasteiger partial charge in [0.15, 0.2) is 6.29 Å². The number of aliphatic hydroxyl groups excluding tert-OH is 7. The molecule has 0 aromatic rings. The molecular weight excluding hydrogens is 1100 g/mol. The van der Waals surface area contributed by atoms with Crippen LogP contribution < -0.4 is 5.32 Å². The zero-order valence-electron chi connectivity index (χ0n) is 57.5. The number of hydrogen-bond donors (Lipinski definition) is 8. The molecule has 0 spiro atoms. The summed E-state index contributed by atoms with van der Waals surface area (Å²) in [4.78, 5) is 13.3. The summed E-state index contributed by atoms with van der Waals surface area (Å²) in [5.74, 6) is -0.707. The van der Waals surface area contributed by atoms with Crippen LogP contribution in [-0.4, -0.2) is 110 Å². The Bertz CT molecular complexity index is 1570. The van der Waals surface area contributed by atoms with Gasteiger partial charge in [0, 0.05) is 0 Å². The third kappa shape index (κ3) is 51.6. The van der Waals surface area contributed by atoms with Crippen molar-refractivity contribution in [2.75, 3.05) is 13.2 Å². The van der Waals surface area contributed by atoms with Gasteiger partial charge in [-0.2, -0.15) is 0 Å². The van der Waals surface area contributed by atoms with Crippen LogP contribution in [0.3, 0.4) is 0 Å². The van der Waals surface area contributed by atoms with Gasteiger partial charge in [0.2, 0.25) is 5.91 Å². The Labute approximate surface area is 542 Å². The fourth-order valence-electron chi connectivity index (χ4n) is 12.2. The number of ether oxygens (including phenoxy) is 2. The molecule has 9 atom stereocenters. The SMILES string of the molecule is CCCCCCCCCCCCCCCC/C=C\CCCCCCCCCCCCCCCCCCC(O)C(=O)NC(COC1OC(CO)C(O)C(O)C1O)C(O)C(O)CCC/C=C/CC/C=C/CC/C=C/CCCCCCCCCCCCCCCC. The van der Waals surface area contributed by atoms with Crippen LogP contribution in [0.5, 0.6) is 0 Å². The van der Waals surface area contributed by atoms with Crippen molar-refractivity contribution in [3.8, 4) is 0 Å². The number of carbonyl (C=O) groups is 1. The molecule has 1 saturated heterocycles. The number of nitrogens with one attached hydrogen (secondary N) is 1. The Morgan fingerprint density at radius 3 is 1.01 bits per heavy atom. The molecule has 0 aromatic heterocycles. The van der Waals surface area contributed by atoms with E-state index in [1.165, 1.54) is 276 Å². The van der Waals surface area contributed by atoms with E-state index in [4.69, 9.17) is 9.47 Å². The van der Waals surface area contributed by atoms with E-state index in [2.05, 4.69) is 67.8 Å². The average Bonchev–Trinajstić information content (AvgIpc) is 3.61. The fraction of sp³-hybridized carbons (Fsp3) is 0.883. The molecule has 88 heavy (non-hydrogen) atoms. The molecule has 1 aliphatic heterocycles. The molecule has 0 bridgehead atoms. The van der Waals surface area contributed by atoms with E-state index in [1.807, 2.05) is 0 Å². The van der Waals surface area contributed by atoms with Crippen molar-refractivity contribution in [1.29, 1.82) is 0 Å². The molecule has 1 fully saturated rings. The van der Waals surface area contributed by atoms with Crippen molar-refractivity contribution in [3.63, 3.8) is 0 Å². The van der Waals surface area contributed by atoms with Gasteiger partial charge in [0.05, 0.1) is 25.4 Å². The van der Waals surface area contributed by atoms with Crippen molar-refractivity contribution in [3.05, 3.63) is 48.6 Å². The molecule has 9 unspecified atom stereocenters. The van der Waals surface area contributed by atoms with E-state index in [1.54, 1.807) is 0 Å². The van der Waals surface area contributed by atoms with E-state index < -0.39 is 74.2 Å². The van der Waals surface area contributed by atoms with Crippen LogP contribution in [-0.2, 0) is 14.3 Å². The summed E-state index contributed by atoms with van der Waals surface area (Å²) < 4.78 is 11.2. The molecule has 0 aromatic carbocycles. The highest BCUT2D eigenvalue weighted by Crippen LogP contribution is 2.24. The molecular formula is C77H145NO10. The number of allylic oxidation sites excluding steroid dienone is 8. The van der Waals surface area contributed by atoms with Crippen LogP contribution in [0.4, 0.5) is 0 Å². The van der Waals surface area contributed by atoms with Gasteiger partial charge in [-0.3, -0.25) is 4.79 Å². The first-order valence-corrected chi connectivity index (χ1v) is 38.0. The van der Waals surface area contributed by atoms with Crippen LogP contribution >= 0.6 is 0 Å². The van der Waals surface area contributed by atoms with Crippen molar-refractivity contribution < 1.29 is 50.0 Å². The molecule has 0 aliphatic carbocycles. The summed E-state index contributed by atoms with van der Waals surface area (Å²) in [6, 6.07) is -1.20. The number of carbonyl (C=O) groups excluding carboxylic acids is 1. The molecule has 11 heteroatoms. The first-order chi connectivity index (χ1) is 43.2. The second kappa shape index (κ2) is 65.1. The van der Waals surface area contributed by atoms with E-state index in [9.17, 15) is 40.5 Å². The number of amides is 1. The first kappa shape index (κ1) is 84.1. The minimum atomic E-state index is -1.68. The lowest BCUT2D eigenvalue weighted by atomic mass is 9.98. The number of hydrogen-bond acceptors (Lipinski definition) is 10. The first-order valence-electron chi connectivity index (χ1n) is 38.0. The summed E-state index contributed by atoms with van der Waals surface area (Å²) >= 11 is 0. The predicted octanol–water partition coefficient (Wildman–Crippen LogP) is 19.1. The normalized spacial score (nSPS) is 18.9. The van der Waals surface area contributed by atoms with Gasteiger partial charge < -0.3 is 50.5 Å². The van der Waals surface area contributed by atoms with E-state index in [-0.39, 0.29) is 12.8 Å². The number of rotatable bonds is 67. The van der Waals surface area contributed by atoms with Crippen molar-refractivity contribution in [2.45, 2.75) is 422 Å². The van der Waals surface area contributed by atoms with Crippen molar-refractivity contribution >= 4 is 5.91 Å². The second-order valence-electron chi connectivity index (χ2n) is 26.7. The number of aliphatic hydroxyl groups is 7. The summed E-state index contributed by atoms with van der Waals surface area (Å²) in [6.45, 7) is 3.49. The van der Waals surface area contributed by atoms with Crippen LogP contribution in [0.25, 0.3) is 0 Å².